The predicted octanol–water partition coefficient (Wildman–Crippen LogP) is 0.325. The molecule has 4 nitrogen and oxygen atoms in total. The standard InChI is InChI=1S/C6H6NO3/c8-6(9)5-1-3-7(10)4-2-5/h1-3H,4H2,(H,8,9)/q-1. The van der Waals surface area contributed by atoms with Crippen LogP contribution in [0.5, 0.6) is 0 Å². The minimum absolute atomic E-state index is 0.123. The molecule has 0 unspecified atom stereocenters. The lowest BCUT2D eigenvalue weighted by atomic mass is 10.2. The first-order valence-electron chi connectivity index (χ1n) is 2.75. The predicted molar refractivity (Wildman–Crippen MR) is 34.9 cm³/mol. The zero-order valence-corrected chi connectivity index (χ0v) is 5.15. The highest BCUT2D eigenvalue weighted by Crippen LogP contribution is 2.04. The van der Waals surface area contributed by atoms with Crippen molar-refractivity contribution in [2.45, 2.75) is 0 Å². The van der Waals surface area contributed by atoms with Crippen LogP contribution in [0, 0.1) is 5.21 Å². The molecule has 1 rings (SSSR count). The van der Waals surface area contributed by atoms with Crippen molar-refractivity contribution in [2.75, 3.05) is 6.54 Å². The normalized spacial score (nSPS) is 16.9. The number of rotatable bonds is 1. The molecule has 54 valence electrons. The van der Waals surface area contributed by atoms with Gasteiger partial charge in [-0.2, -0.15) is 0 Å². The highest BCUT2D eigenvalue weighted by molar-refractivity contribution is 5.90. The van der Waals surface area contributed by atoms with Crippen LogP contribution in [0.15, 0.2) is 23.9 Å². The molecule has 1 N–H and O–H groups in total. The van der Waals surface area contributed by atoms with Crippen LogP contribution in [0.25, 0.3) is 0 Å². The fourth-order valence-corrected chi connectivity index (χ4v) is 0.639. The van der Waals surface area contributed by atoms with E-state index < -0.39 is 5.97 Å². The molecule has 0 atom stereocenters. The number of aliphatic carboxylic acids is 1. The molecule has 1 aliphatic heterocycles. The second-order valence-electron chi connectivity index (χ2n) is 1.88. The molecule has 0 aromatic rings. The Morgan fingerprint density at radius 2 is 2.50 bits per heavy atom. The summed E-state index contributed by atoms with van der Waals surface area (Å²) in [5.41, 5.74) is 0.173. The third kappa shape index (κ3) is 1.35. The van der Waals surface area contributed by atoms with Crippen molar-refractivity contribution in [1.29, 1.82) is 0 Å². The molecule has 0 radical (unpaired) electrons. The maximum atomic E-state index is 10.4. The zero-order chi connectivity index (χ0) is 7.56. The molecule has 4 heteroatoms. The molecule has 0 saturated carbocycles. The number of carboxylic acid groups (broad SMARTS) is 1. The minimum Gasteiger partial charge on any atom is -0.758 e. The second-order valence-corrected chi connectivity index (χ2v) is 1.88. The van der Waals surface area contributed by atoms with Crippen LogP contribution in [-0.2, 0) is 4.79 Å². The Hall–Kier alpha value is -1.29. The summed E-state index contributed by atoms with van der Waals surface area (Å²) in [5.74, 6) is -0.996. The number of hydroxylamine groups is 2. The van der Waals surface area contributed by atoms with Crippen molar-refractivity contribution < 1.29 is 9.90 Å². The van der Waals surface area contributed by atoms with E-state index in [0.29, 0.717) is 5.06 Å². The van der Waals surface area contributed by atoms with Crippen molar-refractivity contribution in [3.63, 3.8) is 0 Å². The van der Waals surface area contributed by atoms with E-state index in [9.17, 15) is 10.0 Å². The van der Waals surface area contributed by atoms with Gasteiger partial charge in [0.25, 0.3) is 0 Å². The third-order valence-electron chi connectivity index (χ3n) is 1.16. The number of carboxylic acids is 1. The first-order chi connectivity index (χ1) is 4.70. The van der Waals surface area contributed by atoms with E-state index >= 15 is 0 Å². The summed E-state index contributed by atoms with van der Waals surface area (Å²) in [6, 6.07) is 0. The molecule has 0 aliphatic carbocycles. The van der Waals surface area contributed by atoms with Gasteiger partial charge in [0.05, 0.1) is 5.57 Å². The monoisotopic (exact) mass is 140 g/mol. The number of hydrogen-bond donors (Lipinski definition) is 1. The molecule has 0 aromatic heterocycles. The van der Waals surface area contributed by atoms with Crippen LogP contribution < -0.4 is 0 Å². The van der Waals surface area contributed by atoms with Gasteiger partial charge < -0.3 is 15.4 Å². The lowest BCUT2D eigenvalue weighted by molar-refractivity contribution is -0.132. The zero-order valence-electron chi connectivity index (χ0n) is 5.15. The van der Waals surface area contributed by atoms with E-state index in [-0.39, 0.29) is 12.1 Å². The first kappa shape index (κ1) is 6.82. The van der Waals surface area contributed by atoms with Gasteiger partial charge in [-0.1, -0.05) is 6.08 Å². The van der Waals surface area contributed by atoms with Gasteiger partial charge in [-0.15, -0.1) is 0 Å². The van der Waals surface area contributed by atoms with E-state index in [4.69, 9.17) is 5.11 Å². The van der Waals surface area contributed by atoms with E-state index in [1.54, 1.807) is 0 Å². The highest BCUT2D eigenvalue weighted by Gasteiger charge is 2.04. The van der Waals surface area contributed by atoms with Gasteiger partial charge >= 0.3 is 5.97 Å². The topological polar surface area (TPSA) is 63.6 Å². The molecular formula is C6H6NO3-. The van der Waals surface area contributed by atoms with Crippen LogP contribution in [0.4, 0.5) is 0 Å². The molecule has 1 heterocycles. The average Bonchev–Trinajstić information content (AvgIpc) is 1.88. The second kappa shape index (κ2) is 2.53. The summed E-state index contributed by atoms with van der Waals surface area (Å²) in [4.78, 5) is 10.2. The first-order valence-corrected chi connectivity index (χ1v) is 2.75. The molecule has 0 saturated heterocycles. The molecule has 0 amide bonds. The van der Waals surface area contributed by atoms with E-state index in [1.165, 1.54) is 18.4 Å². The Labute approximate surface area is 57.6 Å². The van der Waals surface area contributed by atoms with Gasteiger partial charge in [0.2, 0.25) is 0 Å². The van der Waals surface area contributed by atoms with Crippen molar-refractivity contribution in [3.8, 4) is 0 Å². The van der Waals surface area contributed by atoms with E-state index in [1.807, 2.05) is 0 Å². The van der Waals surface area contributed by atoms with Gasteiger partial charge in [-0.05, 0) is 12.3 Å². The maximum Gasteiger partial charge on any atom is 0.335 e. The van der Waals surface area contributed by atoms with Crippen molar-refractivity contribution >= 4 is 5.97 Å². The van der Waals surface area contributed by atoms with Gasteiger partial charge in [0.1, 0.15) is 0 Å². The Morgan fingerprint density at radius 3 is 2.90 bits per heavy atom. The lowest BCUT2D eigenvalue weighted by Gasteiger charge is -2.26. The molecule has 0 aromatic carbocycles. The Kier molecular flexibility index (Phi) is 1.73. The smallest absolute Gasteiger partial charge is 0.335 e. The van der Waals surface area contributed by atoms with Crippen molar-refractivity contribution in [2.24, 2.45) is 0 Å². The number of hydrogen-bond acceptors (Lipinski definition) is 3. The fraction of sp³-hybridized carbons (Fsp3) is 0.167. The quantitative estimate of drug-likeness (QED) is 0.569. The molecule has 0 bridgehead atoms. The largest absolute Gasteiger partial charge is 0.758 e. The lowest BCUT2D eigenvalue weighted by Crippen LogP contribution is -2.14. The van der Waals surface area contributed by atoms with Crippen LogP contribution in [0.2, 0.25) is 0 Å². The van der Waals surface area contributed by atoms with Crippen LogP contribution >= 0.6 is 0 Å². The molecule has 1 aliphatic rings. The third-order valence-corrected chi connectivity index (χ3v) is 1.16. The summed E-state index contributed by atoms with van der Waals surface area (Å²) in [6.45, 7) is 0.123. The molecular weight excluding hydrogens is 134 g/mol. The molecule has 0 fully saturated rings. The van der Waals surface area contributed by atoms with E-state index in [0.717, 1.165) is 0 Å². The summed E-state index contributed by atoms with van der Waals surface area (Å²) < 4.78 is 0. The van der Waals surface area contributed by atoms with Crippen LogP contribution in [-0.4, -0.2) is 22.7 Å². The Morgan fingerprint density at radius 1 is 1.80 bits per heavy atom. The SMILES string of the molecule is O=C(O)C1=CCN([O-])C=C1. The summed E-state index contributed by atoms with van der Waals surface area (Å²) in [6.07, 6.45) is 3.84. The minimum atomic E-state index is -0.996. The summed E-state index contributed by atoms with van der Waals surface area (Å²) >= 11 is 0. The van der Waals surface area contributed by atoms with Crippen LogP contribution in [0.3, 0.4) is 0 Å². The molecule has 0 spiro atoms. The number of nitrogens with zero attached hydrogens (tertiary/aromatic N) is 1. The van der Waals surface area contributed by atoms with Crippen molar-refractivity contribution in [3.05, 3.63) is 29.1 Å². The van der Waals surface area contributed by atoms with Gasteiger partial charge in [0.15, 0.2) is 0 Å². The highest BCUT2D eigenvalue weighted by atomic mass is 16.5. The fourth-order valence-electron chi connectivity index (χ4n) is 0.639. The summed E-state index contributed by atoms with van der Waals surface area (Å²) in [7, 11) is 0. The summed E-state index contributed by atoms with van der Waals surface area (Å²) in [5, 5.41) is 19.5. The van der Waals surface area contributed by atoms with Gasteiger partial charge in [-0.25, -0.2) is 4.79 Å². The Balaban J connectivity index is 2.67. The average molecular weight is 140 g/mol. The maximum absolute atomic E-state index is 10.4. The van der Waals surface area contributed by atoms with Gasteiger partial charge in [-0.3, -0.25) is 0 Å². The van der Waals surface area contributed by atoms with Crippen molar-refractivity contribution in [1.82, 2.24) is 5.06 Å². The van der Waals surface area contributed by atoms with Crippen LogP contribution in [0.1, 0.15) is 0 Å². The Bertz CT molecular complexity index is 207. The number of carbonyl (C=O) groups is 1. The van der Waals surface area contributed by atoms with E-state index in [2.05, 4.69) is 0 Å². The molecule has 10 heavy (non-hydrogen) atoms. The van der Waals surface area contributed by atoms with Gasteiger partial charge in [0, 0.05) is 6.54 Å².